The minimum atomic E-state index is -0.351. The molecule has 1 atom stereocenters. The Morgan fingerprint density at radius 1 is 0.909 bits per heavy atom. The van der Waals surface area contributed by atoms with Crippen LogP contribution < -0.4 is 5.43 Å². The highest BCUT2D eigenvalue weighted by atomic mass is 32.2. The number of thioether (sulfide) groups is 1. The quantitative estimate of drug-likeness (QED) is 0.195. The highest BCUT2D eigenvalue weighted by Gasteiger charge is 2.26. The lowest BCUT2D eigenvalue weighted by atomic mass is 10.1. The number of hydrogen-bond donors (Lipinski definition) is 2. The summed E-state index contributed by atoms with van der Waals surface area (Å²) in [6, 6.07) is 29.9. The zero-order valence-electron chi connectivity index (χ0n) is 18.6. The maximum atomic E-state index is 12.9. The number of benzene rings is 3. The zero-order valence-corrected chi connectivity index (χ0v) is 19.4. The van der Waals surface area contributed by atoms with Crippen LogP contribution in [0.2, 0.25) is 0 Å². The van der Waals surface area contributed by atoms with E-state index in [1.165, 1.54) is 11.8 Å². The molecule has 1 heterocycles. The summed E-state index contributed by atoms with van der Waals surface area (Å²) in [5, 5.41) is 4.49. The fourth-order valence-electron chi connectivity index (χ4n) is 3.41. The van der Waals surface area contributed by atoms with Gasteiger partial charge in [-0.25, -0.2) is 10.4 Å². The Balaban J connectivity index is 1.57. The molecule has 0 bridgehead atoms. The number of aromatic amines is 1. The van der Waals surface area contributed by atoms with E-state index < -0.39 is 0 Å². The van der Waals surface area contributed by atoms with Gasteiger partial charge >= 0.3 is 0 Å². The molecule has 0 aliphatic carbocycles. The summed E-state index contributed by atoms with van der Waals surface area (Å²) in [5.74, 6) is -0.0616. The van der Waals surface area contributed by atoms with Gasteiger partial charge in [0.25, 0.3) is 5.91 Å². The molecule has 1 unspecified atom stereocenters. The van der Waals surface area contributed by atoms with Crippen molar-refractivity contribution in [2.45, 2.75) is 24.3 Å². The van der Waals surface area contributed by atoms with Gasteiger partial charge < -0.3 is 4.98 Å². The van der Waals surface area contributed by atoms with Crippen molar-refractivity contribution < 1.29 is 4.79 Å². The van der Waals surface area contributed by atoms with E-state index in [0.717, 1.165) is 28.1 Å². The number of carbonyl (C=O) groups is 1. The van der Waals surface area contributed by atoms with Crippen molar-refractivity contribution in [1.29, 1.82) is 0 Å². The van der Waals surface area contributed by atoms with E-state index in [-0.39, 0.29) is 17.1 Å². The second-order valence-electron chi connectivity index (χ2n) is 7.93. The number of H-pyrrole nitrogens is 1. The highest BCUT2D eigenvalue weighted by molar-refractivity contribution is 8.00. The summed E-state index contributed by atoms with van der Waals surface area (Å²) in [6.07, 6.45) is 1.65. The summed E-state index contributed by atoms with van der Waals surface area (Å²) < 4.78 is 0. The van der Waals surface area contributed by atoms with Gasteiger partial charge in [-0.05, 0) is 11.5 Å². The van der Waals surface area contributed by atoms with Gasteiger partial charge in [0.2, 0.25) is 0 Å². The highest BCUT2D eigenvalue weighted by Crippen LogP contribution is 2.35. The number of nitrogens with one attached hydrogen (secondary N) is 2. The average molecular weight is 455 g/mol. The van der Waals surface area contributed by atoms with Gasteiger partial charge in [-0.2, -0.15) is 5.10 Å². The van der Waals surface area contributed by atoms with Gasteiger partial charge in [0.1, 0.15) is 0 Å². The Kier molecular flexibility index (Phi) is 7.37. The van der Waals surface area contributed by atoms with Crippen molar-refractivity contribution >= 4 is 23.9 Å². The van der Waals surface area contributed by atoms with Crippen LogP contribution in [0.25, 0.3) is 22.5 Å². The van der Waals surface area contributed by atoms with E-state index in [1.54, 1.807) is 6.21 Å². The maximum absolute atomic E-state index is 12.9. The van der Waals surface area contributed by atoms with Crippen molar-refractivity contribution in [2.75, 3.05) is 0 Å². The maximum Gasteiger partial charge on any atom is 0.253 e. The zero-order chi connectivity index (χ0) is 23.0. The molecule has 0 aliphatic rings. The molecule has 0 radical (unpaired) electrons. The minimum Gasteiger partial charge on any atom is -0.332 e. The number of aromatic nitrogens is 2. The summed E-state index contributed by atoms with van der Waals surface area (Å²) in [7, 11) is 0. The Morgan fingerprint density at radius 2 is 1.48 bits per heavy atom. The number of hydrazone groups is 1. The SMILES string of the molecule is CC(C)C(Sc1nc(-c2ccccc2)c(-c2ccccc2)[nH]1)C(=O)N/N=C/c1ccccc1. The van der Waals surface area contributed by atoms with Crippen molar-refractivity contribution in [2.24, 2.45) is 11.0 Å². The third-order valence-electron chi connectivity index (χ3n) is 5.08. The van der Waals surface area contributed by atoms with Gasteiger partial charge in [0, 0.05) is 11.1 Å². The molecule has 0 fully saturated rings. The van der Waals surface area contributed by atoms with E-state index in [1.807, 2.05) is 92.7 Å². The van der Waals surface area contributed by atoms with Crippen LogP contribution in [0.15, 0.2) is 101 Å². The molecule has 0 aliphatic heterocycles. The van der Waals surface area contributed by atoms with Gasteiger partial charge in [-0.1, -0.05) is 117 Å². The van der Waals surface area contributed by atoms with Crippen LogP contribution in [-0.4, -0.2) is 27.3 Å². The summed E-state index contributed by atoms with van der Waals surface area (Å²) in [6.45, 7) is 4.05. The fourth-order valence-corrected chi connectivity index (χ4v) is 4.39. The summed E-state index contributed by atoms with van der Waals surface area (Å²) in [5.41, 5.74) is 7.50. The normalized spacial score (nSPS) is 12.2. The van der Waals surface area contributed by atoms with E-state index in [2.05, 4.69) is 27.6 Å². The molecule has 5 nitrogen and oxygen atoms in total. The number of rotatable bonds is 8. The molecule has 4 aromatic rings. The van der Waals surface area contributed by atoms with Crippen LogP contribution in [0, 0.1) is 5.92 Å². The predicted octanol–water partition coefficient (Wildman–Crippen LogP) is 6.01. The van der Waals surface area contributed by atoms with Gasteiger partial charge in [0.15, 0.2) is 5.16 Å². The van der Waals surface area contributed by atoms with E-state index in [0.29, 0.717) is 5.16 Å². The molecule has 1 amide bonds. The van der Waals surface area contributed by atoms with Gasteiger partial charge in [-0.3, -0.25) is 4.79 Å². The lowest BCUT2D eigenvalue weighted by Crippen LogP contribution is -2.33. The van der Waals surface area contributed by atoms with Gasteiger partial charge in [-0.15, -0.1) is 0 Å². The number of carbonyl (C=O) groups excluding carboxylic acids is 1. The number of nitrogens with zero attached hydrogens (tertiary/aromatic N) is 2. The standard InChI is InChI=1S/C27H26N4OS/c1-19(2)25(26(32)31-28-18-20-12-6-3-7-13-20)33-27-29-23(21-14-8-4-9-15-21)24(30-27)22-16-10-5-11-17-22/h3-19,25H,1-2H3,(H,29,30)(H,31,32)/b28-18+. The van der Waals surface area contributed by atoms with Crippen LogP contribution in [0.5, 0.6) is 0 Å². The molecule has 0 saturated carbocycles. The smallest absolute Gasteiger partial charge is 0.253 e. The number of hydrogen-bond acceptors (Lipinski definition) is 4. The lowest BCUT2D eigenvalue weighted by molar-refractivity contribution is -0.121. The topological polar surface area (TPSA) is 70.1 Å². The van der Waals surface area contributed by atoms with Gasteiger partial charge in [0.05, 0.1) is 22.9 Å². The largest absolute Gasteiger partial charge is 0.332 e. The molecule has 166 valence electrons. The Hall–Kier alpha value is -3.64. The third kappa shape index (κ3) is 5.79. The van der Waals surface area contributed by atoms with Crippen LogP contribution in [0.4, 0.5) is 0 Å². The summed E-state index contributed by atoms with van der Waals surface area (Å²) in [4.78, 5) is 21.3. The first kappa shape index (κ1) is 22.6. The van der Waals surface area contributed by atoms with Crippen LogP contribution in [0.3, 0.4) is 0 Å². The first-order valence-electron chi connectivity index (χ1n) is 10.9. The second kappa shape index (κ2) is 10.8. The average Bonchev–Trinajstić information content (AvgIpc) is 3.28. The molecular formula is C27H26N4OS. The van der Waals surface area contributed by atoms with Crippen molar-refractivity contribution in [3.05, 3.63) is 96.6 Å². The molecule has 33 heavy (non-hydrogen) atoms. The first-order chi connectivity index (χ1) is 16.1. The Morgan fingerprint density at radius 3 is 2.09 bits per heavy atom. The minimum absolute atomic E-state index is 0.0902. The van der Waals surface area contributed by atoms with Crippen molar-refractivity contribution in [3.63, 3.8) is 0 Å². The molecule has 1 aromatic heterocycles. The molecule has 3 aromatic carbocycles. The molecular weight excluding hydrogens is 428 g/mol. The molecule has 2 N–H and O–H groups in total. The number of imidazole rings is 1. The van der Waals surface area contributed by atoms with Crippen LogP contribution in [-0.2, 0) is 4.79 Å². The molecule has 6 heteroatoms. The predicted molar refractivity (Wildman–Crippen MR) is 136 cm³/mol. The van der Waals surface area contributed by atoms with E-state index in [9.17, 15) is 4.79 Å². The van der Waals surface area contributed by atoms with E-state index in [4.69, 9.17) is 4.98 Å². The first-order valence-corrected chi connectivity index (χ1v) is 11.8. The monoisotopic (exact) mass is 454 g/mol. The van der Waals surface area contributed by atoms with Crippen LogP contribution >= 0.6 is 11.8 Å². The number of amides is 1. The lowest BCUT2D eigenvalue weighted by Gasteiger charge is -2.16. The van der Waals surface area contributed by atoms with Crippen molar-refractivity contribution in [1.82, 2.24) is 15.4 Å². The van der Waals surface area contributed by atoms with E-state index >= 15 is 0 Å². The second-order valence-corrected chi connectivity index (χ2v) is 9.06. The molecule has 0 saturated heterocycles. The molecule has 0 spiro atoms. The Labute approximate surface area is 198 Å². The third-order valence-corrected chi connectivity index (χ3v) is 6.51. The molecule has 4 rings (SSSR count). The summed E-state index contributed by atoms with van der Waals surface area (Å²) >= 11 is 1.42. The fraction of sp³-hybridized carbons (Fsp3) is 0.148. The van der Waals surface area contributed by atoms with Crippen molar-refractivity contribution in [3.8, 4) is 22.5 Å². The Bertz CT molecular complexity index is 1150. The van der Waals surface area contributed by atoms with Crippen LogP contribution in [0.1, 0.15) is 19.4 Å².